The maximum atomic E-state index is 14.3. The summed E-state index contributed by atoms with van der Waals surface area (Å²) in [5.74, 6) is -0.178. The van der Waals surface area contributed by atoms with Gasteiger partial charge in [0.25, 0.3) is 0 Å². The van der Waals surface area contributed by atoms with E-state index in [1.807, 2.05) is 38.1 Å². The average Bonchev–Trinajstić information content (AvgIpc) is 2.41. The van der Waals surface area contributed by atoms with E-state index in [0.717, 1.165) is 35.2 Å². The Balaban J connectivity index is 2.39. The minimum atomic E-state index is -0.178. The van der Waals surface area contributed by atoms with E-state index in [1.54, 1.807) is 6.07 Å². The number of hydrogen-bond donors (Lipinski definition) is 1. The van der Waals surface area contributed by atoms with E-state index in [-0.39, 0.29) is 5.82 Å². The molecule has 2 aromatic rings. The largest absolute Gasteiger partial charge is 0.313 e. The normalized spacial score (nSPS) is 10.9. The van der Waals surface area contributed by atoms with Crippen molar-refractivity contribution in [1.29, 1.82) is 0 Å². The second kappa shape index (κ2) is 7.06. The van der Waals surface area contributed by atoms with E-state index in [9.17, 15) is 4.39 Å². The van der Waals surface area contributed by atoms with Crippen molar-refractivity contribution in [2.24, 2.45) is 0 Å². The first kappa shape index (κ1) is 16.0. The van der Waals surface area contributed by atoms with Crippen LogP contribution in [0.2, 0.25) is 5.02 Å². The molecule has 0 aromatic heterocycles. The van der Waals surface area contributed by atoms with E-state index < -0.39 is 0 Å². The number of nitrogens with one attached hydrogen (secondary N) is 1. The molecule has 0 aliphatic rings. The second-order valence-corrected chi connectivity index (χ2v) is 5.83. The zero-order valence-electron chi connectivity index (χ0n) is 12.8. The van der Waals surface area contributed by atoms with Crippen LogP contribution in [0.4, 0.5) is 4.39 Å². The summed E-state index contributed by atoms with van der Waals surface area (Å²) < 4.78 is 14.3. The number of hydrogen-bond acceptors (Lipinski definition) is 1. The van der Waals surface area contributed by atoms with Crippen LogP contribution < -0.4 is 5.32 Å². The van der Waals surface area contributed by atoms with Gasteiger partial charge in [-0.05, 0) is 67.3 Å². The van der Waals surface area contributed by atoms with Crippen LogP contribution in [0.5, 0.6) is 0 Å². The summed E-state index contributed by atoms with van der Waals surface area (Å²) >= 11 is 6.23. The van der Waals surface area contributed by atoms with Crippen LogP contribution in [0.25, 0.3) is 11.1 Å². The van der Waals surface area contributed by atoms with Crippen molar-refractivity contribution in [1.82, 2.24) is 5.32 Å². The highest BCUT2D eigenvalue weighted by atomic mass is 35.5. The van der Waals surface area contributed by atoms with E-state index >= 15 is 0 Å². The van der Waals surface area contributed by atoms with Gasteiger partial charge in [-0.2, -0.15) is 0 Å². The van der Waals surface area contributed by atoms with Crippen LogP contribution in [-0.2, 0) is 6.54 Å². The number of benzene rings is 2. The molecular formula is C18H21ClFN. The average molecular weight is 306 g/mol. The lowest BCUT2D eigenvalue weighted by molar-refractivity contribution is 0.629. The maximum absolute atomic E-state index is 14.3. The molecule has 0 radical (unpaired) electrons. The smallest absolute Gasteiger partial charge is 0.131 e. The summed E-state index contributed by atoms with van der Waals surface area (Å²) in [6.07, 6.45) is 1.07. The standard InChI is InChI=1S/C18H21ClFN/c1-4-7-21-11-15-10-14(5-6-16(15)19)18-13(3)8-12(2)9-17(18)20/h5-6,8-10,21H,4,7,11H2,1-3H3. The van der Waals surface area contributed by atoms with Crippen molar-refractivity contribution < 1.29 is 4.39 Å². The highest BCUT2D eigenvalue weighted by Crippen LogP contribution is 2.30. The highest BCUT2D eigenvalue weighted by molar-refractivity contribution is 6.31. The Morgan fingerprint density at radius 3 is 2.57 bits per heavy atom. The predicted octanol–water partition coefficient (Wildman–Crippen LogP) is 5.26. The van der Waals surface area contributed by atoms with Gasteiger partial charge in [0.1, 0.15) is 5.82 Å². The second-order valence-electron chi connectivity index (χ2n) is 5.42. The Hall–Kier alpha value is -1.38. The lowest BCUT2D eigenvalue weighted by atomic mass is 9.96. The molecule has 1 N–H and O–H groups in total. The van der Waals surface area contributed by atoms with Crippen molar-refractivity contribution in [3.8, 4) is 11.1 Å². The van der Waals surface area contributed by atoms with Gasteiger partial charge >= 0.3 is 0 Å². The molecule has 0 amide bonds. The lowest BCUT2D eigenvalue weighted by Crippen LogP contribution is -2.14. The summed E-state index contributed by atoms with van der Waals surface area (Å²) in [5, 5.41) is 4.05. The van der Waals surface area contributed by atoms with Crippen molar-refractivity contribution >= 4 is 11.6 Å². The monoisotopic (exact) mass is 305 g/mol. The molecule has 0 unspecified atom stereocenters. The van der Waals surface area contributed by atoms with Gasteiger partial charge in [0, 0.05) is 17.1 Å². The van der Waals surface area contributed by atoms with Gasteiger partial charge in [0.2, 0.25) is 0 Å². The van der Waals surface area contributed by atoms with Crippen LogP contribution >= 0.6 is 11.6 Å². The summed E-state index contributed by atoms with van der Waals surface area (Å²) in [4.78, 5) is 0. The number of halogens is 2. The Kier molecular flexibility index (Phi) is 5.38. The van der Waals surface area contributed by atoms with Gasteiger partial charge in [0.15, 0.2) is 0 Å². The van der Waals surface area contributed by atoms with Crippen molar-refractivity contribution in [3.05, 3.63) is 57.9 Å². The third kappa shape index (κ3) is 3.84. The molecule has 0 aliphatic carbocycles. The number of aryl methyl sites for hydroxylation is 2. The molecule has 0 atom stereocenters. The third-order valence-electron chi connectivity index (χ3n) is 3.51. The van der Waals surface area contributed by atoms with Gasteiger partial charge < -0.3 is 5.32 Å². The topological polar surface area (TPSA) is 12.0 Å². The molecule has 1 nitrogen and oxygen atoms in total. The first-order valence-corrected chi connectivity index (χ1v) is 7.67. The molecule has 3 heteroatoms. The zero-order chi connectivity index (χ0) is 15.4. The molecule has 0 saturated heterocycles. The summed E-state index contributed by atoms with van der Waals surface area (Å²) in [7, 11) is 0. The Bertz CT molecular complexity index is 614. The summed E-state index contributed by atoms with van der Waals surface area (Å²) in [6, 6.07) is 9.28. The Labute approximate surface area is 131 Å². The van der Waals surface area contributed by atoms with E-state index in [4.69, 9.17) is 11.6 Å². The molecule has 0 aliphatic heterocycles. The Morgan fingerprint density at radius 2 is 1.90 bits per heavy atom. The van der Waals surface area contributed by atoms with Crippen LogP contribution in [0, 0.1) is 19.7 Å². The van der Waals surface area contributed by atoms with Gasteiger partial charge in [-0.1, -0.05) is 30.7 Å². The van der Waals surface area contributed by atoms with Gasteiger partial charge in [-0.15, -0.1) is 0 Å². The molecule has 2 aromatic carbocycles. The highest BCUT2D eigenvalue weighted by Gasteiger charge is 2.11. The molecule has 112 valence electrons. The number of rotatable bonds is 5. The summed E-state index contributed by atoms with van der Waals surface area (Å²) in [5.41, 5.74) is 4.42. The molecule has 0 saturated carbocycles. The van der Waals surface area contributed by atoms with Crippen molar-refractivity contribution in [2.45, 2.75) is 33.7 Å². The molecule has 0 heterocycles. The quantitative estimate of drug-likeness (QED) is 0.743. The van der Waals surface area contributed by atoms with E-state index in [0.29, 0.717) is 17.1 Å². The minimum absolute atomic E-state index is 0.178. The Morgan fingerprint density at radius 1 is 1.14 bits per heavy atom. The van der Waals surface area contributed by atoms with Gasteiger partial charge in [-0.25, -0.2) is 4.39 Å². The fourth-order valence-electron chi connectivity index (χ4n) is 2.55. The lowest BCUT2D eigenvalue weighted by Gasteiger charge is -2.12. The maximum Gasteiger partial charge on any atom is 0.131 e. The molecule has 0 fully saturated rings. The first-order chi connectivity index (χ1) is 10.0. The van der Waals surface area contributed by atoms with Crippen molar-refractivity contribution in [2.75, 3.05) is 6.54 Å². The molecule has 0 bridgehead atoms. The summed E-state index contributed by atoms with van der Waals surface area (Å²) in [6.45, 7) is 7.61. The van der Waals surface area contributed by atoms with Crippen LogP contribution in [0.3, 0.4) is 0 Å². The minimum Gasteiger partial charge on any atom is -0.313 e. The first-order valence-electron chi connectivity index (χ1n) is 7.29. The van der Waals surface area contributed by atoms with Crippen LogP contribution in [-0.4, -0.2) is 6.54 Å². The van der Waals surface area contributed by atoms with Gasteiger partial charge in [0.05, 0.1) is 0 Å². The van der Waals surface area contributed by atoms with Gasteiger partial charge in [-0.3, -0.25) is 0 Å². The third-order valence-corrected chi connectivity index (χ3v) is 3.88. The molecule has 0 spiro atoms. The van der Waals surface area contributed by atoms with Crippen molar-refractivity contribution in [3.63, 3.8) is 0 Å². The fraction of sp³-hybridized carbons (Fsp3) is 0.333. The zero-order valence-corrected chi connectivity index (χ0v) is 13.5. The van der Waals surface area contributed by atoms with E-state index in [2.05, 4.69) is 12.2 Å². The van der Waals surface area contributed by atoms with E-state index in [1.165, 1.54) is 0 Å². The van der Waals surface area contributed by atoms with Crippen LogP contribution in [0.15, 0.2) is 30.3 Å². The molecule has 21 heavy (non-hydrogen) atoms. The fourth-order valence-corrected chi connectivity index (χ4v) is 2.73. The predicted molar refractivity (Wildman–Crippen MR) is 88.3 cm³/mol. The SMILES string of the molecule is CCCNCc1cc(-c2c(C)cc(C)cc2F)ccc1Cl. The van der Waals surface area contributed by atoms with Crippen LogP contribution in [0.1, 0.15) is 30.0 Å². The molecule has 2 rings (SSSR count). The molecular weight excluding hydrogens is 285 g/mol.